The van der Waals surface area contributed by atoms with Gasteiger partial charge in [-0.3, -0.25) is 4.90 Å². The molecule has 94 valence electrons. The van der Waals surface area contributed by atoms with Crippen LogP contribution in [-0.4, -0.2) is 52.1 Å². The zero-order valence-corrected chi connectivity index (χ0v) is 10.1. The fourth-order valence-corrected chi connectivity index (χ4v) is 1.93. The number of hydrogen-bond donors (Lipinski definition) is 2. The molecule has 1 amide bonds. The van der Waals surface area contributed by atoms with Crippen LogP contribution in [0.15, 0.2) is 0 Å². The zero-order valence-electron chi connectivity index (χ0n) is 10.1. The van der Waals surface area contributed by atoms with Gasteiger partial charge in [-0.05, 0) is 33.6 Å². The van der Waals surface area contributed by atoms with Crippen LogP contribution >= 0.6 is 0 Å². The van der Waals surface area contributed by atoms with Crippen molar-refractivity contribution in [1.82, 2.24) is 4.90 Å². The number of amides is 1. The standard InChI is InChI=1S/C11H21NO4/c1-11(2,3)16-10(15)12-8(6-13)4-5-9(12)7-14/h8-9,13-14H,4-7H2,1-3H3/t8-,9-/m1/s1. The number of likely N-dealkylation sites (tertiary alicyclic amines) is 1. The SMILES string of the molecule is CC(C)(C)OC(=O)N1[C@@H](CO)CC[C@@H]1CO. The first-order valence-electron chi connectivity index (χ1n) is 5.62. The molecule has 1 fully saturated rings. The summed E-state index contributed by atoms with van der Waals surface area (Å²) in [6.07, 6.45) is 0.963. The van der Waals surface area contributed by atoms with Gasteiger partial charge in [-0.1, -0.05) is 0 Å². The Kier molecular flexibility index (Phi) is 4.15. The van der Waals surface area contributed by atoms with Crippen molar-refractivity contribution < 1.29 is 19.7 Å². The largest absolute Gasteiger partial charge is 0.444 e. The quantitative estimate of drug-likeness (QED) is 0.735. The fourth-order valence-electron chi connectivity index (χ4n) is 1.93. The molecule has 5 heteroatoms. The number of hydrogen-bond acceptors (Lipinski definition) is 4. The van der Waals surface area contributed by atoms with E-state index in [2.05, 4.69) is 0 Å². The second-order valence-electron chi connectivity index (χ2n) is 5.14. The van der Waals surface area contributed by atoms with Gasteiger partial charge in [0, 0.05) is 0 Å². The predicted molar refractivity (Wildman–Crippen MR) is 59.1 cm³/mol. The maximum Gasteiger partial charge on any atom is 0.410 e. The van der Waals surface area contributed by atoms with Crippen molar-refractivity contribution in [2.45, 2.75) is 51.3 Å². The molecule has 16 heavy (non-hydrogen) atoms. The Morgan fingerprint density at radius 1 is 1.25 bits per heavy atom. The van der Waals surface area contributed by atoms with E-state index in [9.17, 15) is 4.79 Å². The summed E-state index contributed by atoms with van der Waals surface area (Å²) in [7, 11) is 0. The zero-order chi connectivity index (χ0) is 12.3. The van der Waals surface area contributed by atoms with E-state index in [0.29, 0.717) is 12.8 Å². The van der Waals surface area contributed by atoms with Crippen molar-refractivity contribution in [1.29, 1.82) is 0 Å². The molecule has 1 heterocycles. The van der Waals surface area contributed by atoms with Crippen LogP contribution in [0.4, 0.5) is 4.79 Å². The van der Waals surface area contributed by atoms with Gasteiger partial charge in [-0.2, -0.15) is 0 Å². The Balaban J connectivity index is 2.70. The molecule has 2 N–H and O–H groups in total. The van der Waals surface area contributed by atoms with E-state index < -0.39 is 11.7 Å². The van der Waals surface area contributed by atoms with Gasteiger partial charge in [-0.25, -0.2) is 4.79 Å². The topological polar surface area (TPSA) is 70.0 Å². The smallest absolute Gasteiger partial charge is 0.410 e. The van der Waals surface area contributed by atoms with Crippen LogP contribution in [0, 0.1) is 0 Å². The number of aliphatic hydroxyl groups is 2. The highest BCUT2D eigenvalue weighted by molar-refractivity contribution is 5.69. The van der Waals surface area contributed by atoms with E-state index >= 15 is 0 Å². The van der Waals surface area contributed by atoms with Crippen molar-refractivity contribution in [3.05, 3.63) is 0 Å². The van der Waals surface area contributed by atoms with Gasteiger partial charge in [0.1, 0.15) is 5.60 Å². The highest BCUT2D eigenvalue weighted by Crippen LogP contribution is 2.25. The van der Waals surface area contributed by atoms with Crippen molar-refractivity contribution in [3.63, 3.8) is 0 Å². The van der Waals surface area contributed by atoms with Crippen LogP contribution < -0.4 is 0 Å². The van der Waals surface area contributed by atoms with E-state index in [1.807, 2.05) is 0 Å². The van der Waals surface area contributed by atoms with Gasteiger partial charge < -0.3 is 14.9 Å². The van der Waals surface area contributed by atoms with Gasteiger partial charge in [0.2, 0.25) is 0 Å². The van der Waals surface area contributed by atoms with Crippen LogP contribution in [0.1, 0.15) is 33.6 Å². The minimum absolute atomic E-state index is 0.0876. The van der Waals surface area contributed by atoms with Crippen LogP contribution in [0.2, 0.25) is 0 Å². The lowest BCUT2D eigenvalue weighted by Crippen LogP contribution is -2.46. The van der Waals surface area contributed by atoms with E-state index in [4.69, 9.17) is 14.9 Å². The molecule has 2 atom stereocenters. The summed E-state index contributed by atoms with van der Waals surface area (Å²) < 4.78 is 5.25. The van der Waals surface area contributed by atoms with Crippen LogP contribution in [0.25, 0.3) is 0 Å². The number of carbonyl (C=O) groups is 1. The monoisotopic (exact) mass is 231 g/mol. The lowest BCUT2D eigenvalue weighted by molar-refractivity contribution is 0.00321. The van der Waals surface area contributed by atoms with Crippen LogP contribution in [0.3, 0.4) is 0 Å². The second-order valence-corrected chi connectivity index (χ2v) is 5.14. The van der Waals surface area contributed by atoms with Crippen molar-refractivity contribution >= 4 is 6.09 Å². The molecule has 0 bridgehead atoms. The summed E-state index contributed by atoms with van der Waals surface area (Å²) >= 11 is 0. The number of rotatable bonds is 2. The molecule has 1 aliphatic rings. The summed E-state index contributed by atoms with van der Waals surface area (Å²) in [5.74, 6) is 0. The first-order valence-corrected chi connectivity index (χ1v) is 5.62. The number of nitrogens with zero attached hydrogens (tertiary/aromatic N) is 1. The van der Waals surface area contributed by atoms with Gasteiger partial charge in [0.15, 0.2) is 0 Å². The van der Waals surface area contributed by atoms with Gasteiger partial charge in [-0.15, -0.1) is 0 Å². The van der Waals surface area contributed by atoms with Crippen molar-refractivity contribution in [3.8, 4) is 0 Å². The van der Waals surface area contributed by atoms with Crippen LogP contribution in [-0.2, 0) is 4.74 Å². The molecule has 0 aliphatic carbocycles. The summed E-state index contributed by atoms with van der Waals surface area (Å²) in [5.41, 5.74) is -0.556. The third-order valence-electron chi connectivity index (χ3n) is 2.65. The predicted octanol–water partition coefficient (Wildman–Crippen LogP) is 0.739. The van der Waals surface area contributed by atoms with Gasteiger partial charge in [0.25, 0.3) is 0 Å². The first-order chi connectivity index (χ1) is 7.39. The summed E-state index contributed by atoms with van der Waals surface area (Å²) in [5, 5.41) is 18.3. The summed E-state index contributed by atoms with van der Waals surface area (Å²) in [4.78, 5) is 13.3. The Morgan fingerprint density at radius 2 is 1.69 bits per heavy atom. The van der Waals surface area contributed by atoms with Gasteiger partial charge in [0.05, 0.1) is 25.3 Å². The third-order valence-corrected chi connectivity index (χ3v) is 2.65. The Labute approximate surface area is 96.0 Å². The molecule has 0 saturated carbocycles. The highest BCUT2D eigenvalue weighted by Gasteiger charge is 2.38. The van der Waals surface area contributed by atoms with Crippen molar-refractivity contribution in [2.24, 2.45) is 0 Å². The van der Waals surface area contributed by atoms with E-state index in [1.54, 1.807) is 20.8 Å². The first kappa shape index (κ1) is 13.3. The minimum Gasteiger partial charge on any atom is -0.444 e. The third kappa shape index (κ3) is 3.09. The molecule has 0 aromatic rings. The maximum absolute atomic E-state index is 11.9. The van der Waals surface area contributed by atoms with E-state index in [0.717, 1.165) is 0 Å². The average Bonchev–Trinajstić information content (AvgIpc) is 2.57. The molecule has 0 unspecified atom stereocenters. The Bertz CT molecular complexity index is 237. The average molecular weight is 231 g/mol. The van der Waals surface area contributed by atoms with Crippen molar-refractivity contribution in [2.75, 3.05) is 13.2 Å². The number of aliphatic hydroxyl groups excluding tert-OH is 2. The Hall–Kier alpha value is -0.810. The fraction of sp³-hybridized carbons (Fsp3) is 0.909. The lowest BCUT2D eigenvalue weighted by atomic mass is 10.2. The summed E-state index contributed by atoms with van der Waals surface area (Å²) in [6.45, 7) is 5.21. The normalized spacial score (nSPS) is 25.9. The molecule has 5 nitrogen and oxygen atoms in total. The maximum atomic E-state index is 11.9. The Morgan fingerprint density at radius 3 is 2.00 bits per heavy atom. The van der Waals surface area contributed by atoms with Crippen LogP contribution in [0.5, 0.6) is 0 Å². The molecule has 1 rings (SSSR count). The molecular formula is C11H21NO4. The molecule has 0 spiro atoms. The molecule has 0 radical (unpaired) electrons. The lowest BCUT2D eigenvalue weighted by Gasteiger charge is -2.31. The highest BCUT2D eigenvalue weighted by atomic mass is 16.6. The van der Waals surface area contributed by atoms with E-state index in [-0.39, 0.29) is 25.3 Å². The number of carbonyl (C=O) groups excluding carboxylic acids is 1. The number of ether oxygens (including phenoxy) is 1. The second kappa shape index (κ2) is 5.01. The van der Waals surface area contributed by atoms with E-state index in [1.165, 1.54) is 4.90 Å². The molecule has 0 aromatic heterocycles. The molecule has 1 saturated heterocycles. The molecular weight excluding hydrogens is 210 g/mol. The van der Waals surface area contributed by atoms with Gasteiger partial charge >= 0.3 is 6.09 Å². The summed E-state index contributed by atoms with van der Waals surface area (Å²) in [6, 6.07) is -0.459. The molecule has 0 aromatic carbocycles. The molecule has 1 aliphatic heterocycles. The minimum atomic E-state index is -0.556.